The predicted molar refractivity (Wildman–Crippen MR) is 343 cm³/mol. The number of hydrogen-bond acceptors (Lipinski definition) is 10. The minimum absolute atomic E-state index is 0.993. The lowest BCUT2D eigenvalue weighted by molar-refractivity contribution is 1.09. The van der Waals surface area contributed by atoms with Crippen LogP contribution in [0.4, 0.5) is 85.3 Å². The number of para-hydroxylation sites is 14. The fraction of sp³-hybridized carbons (Fsp3) is 0.0423. The van der Waals surface area contributed by atoms with E-state index in [1.165, 1.54) is 9.40 Å². The van der Waals surface area contributed by atoms with Crippen LogP contribution in [-0.4, -0.2) is 31.1 Å². The van der Waals surface area contributed by atoms with Crippen molar-refractivity contribution in [2.24, 2.45) is 0 Å². The van der Waals surface area contributed by atoms with Gasteiger partial charge in [-0.2, -0.15) is 0 Å². The molecule has 0 saturated carbocycles. The number of benzene rings is 11. The third kappa shape index (κ3) is 7.34. The maximum Gasteiger partial charge on any atom is 0.124 e. The van der Waals surface area contributed by atoms with Crippen molar-refractivity contribution in [2.75, 3.05) is 50.5 Å². The van der Waals surface area contributed by atoms with Gasteiger partial charge in [0.15, 0.2) is 0 Å². The topological polar surface area (TPSA) is 45.2 Å². The highest BCUT2D eigenvalue weighted by atomic mass is 32.1. The summed E-state index contributed by atoms with van der Waals surface area (Å²) in [4.78, 5) is 25.0. The second-order valence-corrected chi connectivity index (χ2v) is 22.8. The van der Waals surface area contributed by atoms with E-state index in [2.05, 4.69) is 299 Å². The third-order valence-corrected chi connectivity index (χ3v) is 18.5. The van der Waals surface area contributed by atoms with Gasteiger partial charge < -0.3 is 29.4 Å². The summed E-state index contributed by atoms with van der Waals surface area (Å²) in [5, 5.41) is 1.99. The van der Waals surface area contributed by atoms with E-state index in [0.717, 1.165) is 140 Å². The van der Waals surface area contributed by atoms with Gasteiger partial charge >= 0.3 is 0 Å². The Bertz CT molecular complexity index is 4190. The molecular weight excluding hydrogens is 1030 g/mol. The zero-order valence-electron chi connectivity index (χ0n) is 44.6. The number of anilines is 15. The predicted octanol–water partition coefficient (Wildman–Crippen LogP) is 20.2. The van der Waals surface area contributed by atoms with Crippen molar-refractivity contribution in [1.29, 1.82) is 0 Å². The van der Waals surface area contributed by atoms with Gasteiger partial charge in [0, 0.05) is 43.4 Å². The van der Waals surface area contributed by atoms with Gasteiger partial charge in [-0.15, -0.1) is 22.7 Å². The van der Waals surface area contributed by atoms with Crippen molar-refractivity contribution in [2.45, 2.75) is 0 Å². The Morgan fingerprint density at radius 2 is 0.506 bits per heavy atom. The highest BCUT2D eigenvalue weighted by molar-refractivity contribution is 7.22. The van der Waals surface area contributed by atoms with Crippen LogP contribution in [0.25, 0.3) is 63.8 Å². The van der Waals surface area contributed by atoms with E-state index in [4.69, 9.17) is 9.97 Å². The SMILES string of the molecule is CN1c2ccccc2N(c2c(-c3ccc(-c4nc5ccccc5s4)cc3)cc(-c3ccc(-c4nc5ccccc5s4)cc3)c(N3c4ccccc4N(C)c4ccccc43)c2N2c3ccccc3N(C)c3ccccc32)c2ccccc21. The number of thiazole rings is 2. The van der Waals surface area contributed by atoms with Crippen molar-refractivity contribution in [3.63, 3.8) is 0 Å². The van der Waals surface area contributed by atoms with Gasteiger partial charge in [0.2, 0.25) is 0 Å². The number of fused-ring (bicyclic) bond motifs is 8. The lowest BCUT2D eigenvalue weighted by Crippen LogP contribution is -2.30. The maximum absolute atomic E-state index is 5.14. The largest absolute Gasteiger partial charge is 0.341 e. The molecule has 0 N–H and O–H groups in total. The summed E-state index contributed by atoms with van der Waals surface area (Å²) in [6.07, 6.45) is 0. The van der Waals surface area contributed by atoms with Crippen molar-refractivity contribution >= 4 is 128 Å². The maximum atomic E-state index is 5.14. The van der Waals surface area contributed by atoms with E-state index >= 15 is 0 Å². The van der Waals surface area contributed by atoms with Crippen LogP contribution in [0.1, 0.15) is 0 Å². The smallest absolute Gasteiger partial charge is 0.124 e. The van der Waals surface area contributed by atoms with Crippen LogP contribution < -0.4 is 29.4 Å². The molecule has 0 unspecified atom stereocenters. The normalized spacial score (nSPS) is 13.2. The second kappa shape index (κ2) is 18.6. The third-order valence-electron chi connectivity index (χ3n) is 16.3. The van der Waals surface area contributed by atoms with E-state index in [9.17, 15) is 0 Å². The average molecular weight is 1080 g/mol. The van der Waals surface area contributed by atoms with Gasteiger partial charge in [-0.25, -0.2) is 9.97 Å². The molecule has 0 bridgehead atoms. The Kier molecular flexibility index (Phi) is 10.8. The summed E-state index contributed by atoms with van der Waals surface area (Å²) >= 11 is 3.46. The second-order valence-electron chi connectivity index (χ2n) is 20.8. The first-order valence-electron chi connectivity index (χ1n) is 27.2. The molecule has 13 aromatic rings. The molecule has 3 aliphatic rings. The Balaban J connectivity index is 1.09. The summed E-state index contributed by atoms with van der Waals surface area (Å²) in [5.74, 6) is 0. The van der Waals surface area contributed by atoms with Crippen LogP contribution in [0.15, 0.2) is 249 Å². The highest BCUT2D eigenvalue weighted by Crippen LogP contribution is 2.66. The molecule has 3 aliphatic heterocycles. The molecule has 0 spiro atoms. The Labute approximate surface area is 478 Å². The monoisotopic (exact) mass is 1080 g/mol. The van der Waals surface area contributed by atoms with E-state index in [0.29, 0.717) is 0 Å². The summed E-state index contributed by atoms with van der Waals surface area (Å²) in [7, 11) is 6.57. The van der Waals surface area contributed by atoms with Gasteiger partial charge in [-0.05, 0) is 114 Å². The Hall–Kier alpha value is -10.0. The van der Waals surface area contributed by atoms with Gasteiger partial charge in [-0.3, -0.25) is 0 Å². The first-order valence-corrected chi connectivity index (χ1v) is 28.9. The number of hydrogen-bond donors (Lipinski definition) is 0. The minimum atomic E-state index is 0.993. The molecule has 0 fully saturated rings. The van der Waals surface area contributed by atoms with Gasteiger partial charge in [-0.1, -0.05) is 146 Å². The molecule has 16 rings (SSSR count). The number of rotatable bonds is 7. The average Bonchev–Trinajstić information content (AvgIpc) is 2.59. The van der Waals surface area contributed by atoms with Gasteiger partial charge in [0.05, 0.1) is 106 Å². The van der Waals surface area contributed by atoms with Crippen molar-refractivity contribution in [3.8, 4) is 43.4 Å². The molecule has 386 valence electrons. The van der Waals surface area contributed by atoms with E-state index in [1.807, 2.05) is 0 Å². The standard InChI is InChI=1S/C71H50N8S2/c1-74-53-22-6-12-28-59(53)77(60-29-13-7-23-54(60)74)67-49(45-36-40-47(41-37-45)70-72-51-20-4-18-34-65(51)80-70)44-50(46-38-42-48(43-39-46)71-73-52-21-5-19-35-66(52)81-71)68(78-61-30-14-8-24-55(61)75(2)56-25-9-15-31-62(56)78)69(67)79-63-32-16-10-26-57(63)76(3)58-27-11-17-33-64(58)79/h4-44H,1-3H3. The Morgan fingerprint density at radius 3 is 0.802 bits per heavy atom. The van der Waals surface area contributed by atoms with Crippen LogP contribution >= 0.6 is 22.7 Å². The lowest BCUT2D eigenvalue weighted by Gasteiger charge is -2.47. The van der Waals surface area contributed by atoms with Crippen LogP contribution in [0.5, 0.6) is 0 Å². The van der Waals surface area contributed by atoms with Crippen LogP contribution in [-0.2, 0) is 0 Å². The number of aromatic nitrogens is 2. The van der Waals surface area contributed by atoms with Gasteiger partial charge in [0.1, 0.15) is 10.0 Å². The molecule has 81 heavy (non-hydrogen) atoms. The molecular formula is C71H50N8S2. The van der Waals surface area contributed by atoms with E-state index in [-0.39, 0.29) is 0 Å². The summed E-state index contributed by atoms with van der Waals surface area (Å²) in [6.45, 7) is 0. The van der Waals surface area contributed by atoms with E-state index in [1.54, 1.807) is 22.7 Å². The van der Waals surface area contributed by atoms with Crippen LogP contribution in [0.2, 0.25) is 0 Å². The minimum Gasteiger partial charge on any atom is -0.341 e. The van der Waals surface area contributed by atoms with Gasteiger partial charge in [0.25, 0.3) is 0 Å². The summed E-state index contributed by atoms with van der Waals surface area (Å²) < 4.78 is 2.34. The fourth-order valence-electron chi connectivity index (χ4n) is 12.5. The summed E-state index contributed by atoms with van der Waals surface area (Å²) in [5.41, 5.74) is 24.5. The molecule has 0 aliphatic carbocycles. The van der Waals surface area contributed by atoms with Crippen molar-refractivity contribution in [3.05, 3.63) is 249 Å². The lowest BCUT2D eigenvalue weighted by atomic mass is 9.89. The van der Waals surface area contributed by atoms with E-state index < -0.39 is 0 Å². The molecule has 0 atom stereocenters. The fourth-order valence-corrected chi connectivity index (χ4v) is 14.4. The van der Waals surface area contributed by atoms with Crippen LogP contribution in [0.3, 0.4) is 0 Å². The number of nitrogens with zero attached hydrogens (tertiary/aromatic N) is 8. The zero-order chi connectivity index (χ0) is 53.9. The molecule has 8 nitrogen and oxygen atoms in total. The summed E-state index contributed by atoms with van der Waals surface area (Å²) in [6, 6.07) is 90.8. The molecule has 0 radical (unpaired) electrons. The molecule has 0 saturated heterocycles. The van der Waals surface area contributed by atoms with Crippen LogP contribution in [0, 0.1) is 0 Å². The molecule has 2 aromatic heterocycles. The molecule has 11 aromatic carbocycles. The highest BCUT2D eigenvalue weighted by Gasteiger charge is 2.41. The van der Waals surface area contributed by atoms with Crippen molar-refractivity contribution in [1.82, 2.24) is 9.97 Å². The first kappa shape index (κ1) is 47.0. The molecule has 10 heteroatoms. The molecule has 0 amide bonds. The first-order chi connectivity index (χ1) is 39.9. The quantitative estimate of drug-likeness (QED) is 0.156. The Morgan fingerprint density at radius 1 is 0.259 bits per heavy atom. The molecule has 5 heterocycles. The van der Waals surface area contributed by atoms with Crippen molar-refractivity contribution < 1.29 is 0 Å². The zero-order valence-corrected chi connectivity index (χ0v) is 46.2.